The van der Waals surface area contributed by atoms with Gasteiger partial charge in [0.05, 0.1) is 0 Å². The molecular weight excluding hydrogens is 142 g/mol. The minimum atomic E-state index is -0.475. The van der Waals surface area contributed by atoms with Crippen LogP contribution in [0, 0.1) is 0 Å². The topological polar surface area (TPSA) is 53.1 Å². The number of nitrogens with one attached hydrogen (secondary N) is 1. The first-order valence-electron chi connectivity index (χ1n) is 2.28. The molecule has 0 aliphatic rings. The van der Waals surface area contributed by atoms with Gasteiger partial charge in [-0.25, -0.2) is 0 Å². The van der Waals surface area contributed by atoms with Gasteiger partial charge in [0.1, 0.15) is 10.8 Å². The fourth-order valence-corrected chi connectivity index (χ4v) is 0.567. The van der Waals surface area contributed by atoms with E-state index in [9.17, 15) is 4.79 Å². The van der Waals surface area contributed by atoms with Gasteiger partial charge >= 0.3 is 0 Å². The number of aromatic amines is 1. The number of hydrogen-bond donors (Lipinski definition) is 2. The summed E-state index contributed by atoms with van der Waals surface area (Å²) in [6.45, 7) is 0. The van der Waals surface area contributed by atoms with Crippen molar-refractivity contribution in [3.63, 3.8) is 0 Å². The Morgan fingerprint density at radius 3 is 2.78 bits per heavy atom. The van der Waals surface area contributed by atoms with E-state index in [0.29, 0.717) is 0 Å². The lowest BCUT2D eigenvalue weighted by molar-refractivity contribution is 0.474. The molecule has 0 aliphatic carbocycles. The van der Waals surface area contributed by atoms with Crippen molar-refractivity contribution >= 4 is 11.6 Å². The number of H-pyrrole nitrogens is 1. The van der Waals surface area contributed by atoms with Gasteiger partial charge in [0.25, 0.3) is 5.56 Å². The lowest BCUT2D eigenvalue weighted by Gasteiger charge is -1.89. The molecule has 0 atom stereocenters. The molecule has 1 aromatic heterocycles. The minimum Gasteiger partial charge on any atom is -0.506 e. The Morgan fingerprint density at radius 2 is 2.33 bits per heavy atom. The first kappa shape index (κ1) is 6.16. The van der Waals surface area contributed by atoms with Crippen molar-refractivity contribution in [2.75, 3.05) is 0 Å². The van der Waals surface area contributed by atoms with E-state index in [-0.39, 0.29) is 10.8 Å². The highest BCUT2D eigenvalue weighted by Crippen LogP contribution is 2.14. The molecule has 0 amide bonds. The fourth-order valence-electron chi connectivity index (χ4n) is 0.449. The molecule has 0 saturated carbocycles. The lowest BCUT2D eigenvalue weighted by atomic mass is 10.4. The maximum atomic E-state index is 10.5. The molecule has 4 heteroatoms. The largest absolute Gasteiger partial charge is 0.506 e. The van der Waals surface area contributed by atoms with Crippen molar-refractivity contribution in [1.82, 2.24) is 4.98 Å². The van der Waals surface area contributed by atoms with Gasteiger partial charge in [0, 0.05) is 6.20 Å². The van der Waals surface area contributed by atoms with Gasteiger partial charge in [-0.1, -0.05) is 11.6 Å². The van der Waals surface area contributed by atoms with Crippen LogP contribution in [0.3, 0.4) is 0 Å². The second kappa shape index (κ2) is 2.11. The summed E-state index contributed by atoms with van der Waals surface area (Å²) in [5.41, 5.74) is -0.475. The normalized spacial score (nSPS) is 9.44. The molecule has 2 N–H and O–H groups in total. The molecule has 0 aliphatic heterocycles. The van der Waals surface area contributed by atoms with Crippen LogP contribution in [0.5, 0.6) is 5.75 Å². The fraction of sp³-hybridized carbons (Fsp3) is 0. The molecule has 9 heavy (non-hydrogen) atoms. The Morgan fingerprint density at radius 1 is 1.67 bits per heavy atom. The van der Waals surface area contributed by atoms with Crippen LogP contribution in [0.15, 0.2) is 17.1 Å². The monoisotopic (exact) mass is 145 g/mol. The summed E-state index contributed by atoms with van der Waals surface area (Å²) >= 11 is 5.28. The Hall–Kier alpha value is -0.960. The van der Waals surface area contributed by atoms with Crippen molar-refractivity contribution in [2.45, 2.75) is 0 Å². The predicted octanol–water partition coefficient (Wildman–Crippen LogP) is 0.734. The van der Waals surface area contributed by atoms with Crippen molar-refractivity contribution in [2.24, 2.45) is 0 Å². The van der Waals surface area contributed by atoms with Crippen LogP contribution in [0.1, 0.15) is 0 Å². The average Bonchev–Trinajstić information content (AvgIpc) is 1.83. The summed E-state index contributed by atoms with van der Waals surface area (Å²) < 4.78 is 0. The van der Waals surface area contributed by atoms with Gasteiger partial charge in [-0.3, -0.25) is 4.79 Å². The number of aromatic nitrogens is 1. The zero-order valence-corrected chi connectivity index (χ0v) is 5.14. The summed E-state index contributed by atoms with van der Waals surface area (Å²) in [6.07, 6.45) is 1.32. The van der Waals surface area contributed by atoms with E-state index in [4.69, 9.17) is 16.7 Å². The average molecular weight is 146 g/mol. The Labute approximate surface area is 55.9 Å². The number of halogens is 1. The molecule has 0 fully saturated rings. The standard InChI is InChI=1S/C5H4ClNO2/c6-4-3(8)1-2-7-5(4)9/h1-2H,(H2,7,8,9). The van der Waals surface area contributed by atoms with Crippen molar-refractivity contribution < 1.29 is 5.11 Å². The van der Waals surface area contributed by atoms with E-state index in [1.165, 1.54) is 12.3 Å². The summed E-state index contributed by atoms with van der Waals surface area (Å²) in [7, 11) is 0. The molecule has 3 nitrogen and oxygen atoms in total. The SMILES string of the molecule is O=c1[nH]ccc(O)c1Cl. The maximum Gasteiger partial charge on any atom is 0.270 e. The van der Waals surface area contributed by atoms with E-state index >= 15 is 0 Å². The molecule has 0 radical (unpaired) electrons. The summed E-state index contributed by atoms with van der Waals surface area (Å²) in [5.74, 6) is -0.194. The predicted molar refractivity (Wildman–Crippen MR) is 33.7 cm³/mol. The third-order valence-electron chi connectivity index (χ3n) is 0.880. The zero-order valence-electron chi connectivity index (χ0n) is 4.39. The van der Waals surface area contributed by atoms with Gasteiger partial charge in [0.15, 0.2) is 0 Å². The molecule has 48 valence electrons. The van der Waals surface area contributed by atoms with E-state index in [1.54, 1.807) is 0 Å². The Bertz CT molecular complexity index is 268. The second-order valence-electron chi connectivity index (χ2n) is 1.51. The minimum absolute atomic E-state index is 0.169. The molecule has 0 unspecified atom stereocenters. The van der Waals surface area contributed by atoms with E-state index in [0.717, 1.165) is 0 Å². The zero-order chi connectivity index (χ0) is 6.85. The quantitative estimate of drug-likeness (QED) is 0.566. The van der Waals surface area contributed by atoms with Gasteiger partial charge in [-0.15, -0.1) is 0 Å². The van der Waals surface area contributed by atoms with Crippen LogP contribution in [0.25, 0.3) is 0 Å². The number of pyridine rings is 1. The first-order chi connectivity index (χ1) is 4.22. The summed E-state index contributed by atoms with van der Waals surface area (Å²) in [6, 6.07) is 1.31. The van der Waals surface area contributed by atoms with Crippen LogP contribution in [-0.4, -0.2) is 10.1 Å². The maximum absolute atomic E-state index is 10.5. The summed E-state index contributed by atoms with van der Waals surface area (Å²) in [4.78, 5) is 12.8. The van der Waals surface area contributed by atoms with Crippen molar-refractivity contribution in [3.05, 3.63) is 27.6 Å². The van der Waals surface area contributed by atoms with E-state index < -0.39 is 5.56 Å². The molecule has 1 heterocycles. The lowest BCUT2D eigenvalue weighted by Crippen LogP contribution is -2.03. The number of rotatable bonds is 0. The van der Waals surface area contributed by atoms with Crippen LogP contribution < -0.4 is 5.56 Å². The smallest absolute Gasteiger partial charge is 0.270 e. The van der Waals surface area contributed by atoms with E-state index in [1.807, 2.05) is 0 Å². The van der Waals surface area contributed by atoms with E-state index in [2.05, 4.69) is 4.98 Å². The van der Waals surface area contributed by atoms with Gasteiger partial charge in [-0.05, 0) is 6.07 Å². The molecule has 0 bridgehead atoms. The van der Waals surface area contributed by atoms with Crippen LogP contribution in [-0.2, 0) is 0 Å². The van der Waals surface area contributed by atoms with Crippen LogP contribution in [0.4, 0.5) is 0 Å². The van der Waals surface area contributed by atoms with Gasteiger partial charge < -0.3 is 10.1 Å². The highest BCUT2D eigenvalue weighted by molar-refractivity contribution is 6.31. The highest BCUT2D eigenvalue weighted by Gasteiger charge is 1.98. The van der Waals surface area contributed by atoms with Crippen LogP contribution in [0.2, 0.25) is 5.02 Å². The van der Waals surface area contributed by atoms with Gasteiger partial charge in [0.2, 0.25) is 0 Å². The van der Waals surface area contributed by atoms with Crippen LogP contribution >= 0.6 is 11.6 Å². The molecule has 0 aromatic carbocycles. The molecule has 0 spiro atoms. The number of aromatic hydroxyl groups is 1. The Balaban J connectivity index is 3.43. The molecular formula is C5H4ClNO2. The van der Waals surface area contributed by atoms with Gasteiger partial charge in [-0.2, -0.15) is 0 Å². The highest BCUT2D eigenvalue weighted by atomic mass is 35.5. The second-order valence-corrected chi connectivity index (χ2v) is 1.88. The van der Waals surface area contributed by atoms with Crippen molar-refractivity contribution in [1.29, 1.82) is 0 Å². The molecule has 1 aromatic rings. The Kier molecular flexibility index (Phi) is 1.44. The third kappa shape index (κ3) is 1.05. The number of hydrogen-bond acceptors (Lipinski definition) is 2. The third-order valence-corrected chi connectivity index (χ3v) is 1.25. The molecule has 1 rings (SSSR count). The first-order valence-corrected chi connectivity index (χ1v) is 2.66. The van der Waals surface area contributed by atoms with Crippen molar-refractivity contribution in [3.8, 4) is 5.75 Å². The summed E-state index contributed by atoms with van der Waals surface area (Å²) in [5, 5.41) is 8.58. The molecule has 0 saturated heterocycles.